The first kappa shape index (κ1) is 13.5. The summed E-state index contributed by atoms with van der Waals surface area (Å²) in [6, 6.07) is 0. The zero-order valence-electron chi connectivity index (χ0n) is 10.2. The first-order valence-electron chi connectivity index (χ1n) is 5.50. The van der Waals surface area contributed by atoms with Crippen LogP contribution < -0.4 is 0 Å². The molecule has 1 atom stereocenters. The maximum Gasteiger partial charge on any atom is 0.308 e. The van der Waals surface area contributed by atoms with Gasteiger partial charge in [-0.15, -0.1) is 0 Å². The minimum absolute atomic E-state index is 0.0488. The van der Waals surface area contributed by atoms with E-state index in [1.807, 2.05) is 6.92 Å². The van der Waals surface area contributed by atoms with E-state index in [0.29, 0.717) is 5.41 Å². The van der Waals surface area contributed by atoms with Crippen molar-refractivity contribution in [3.63, 3.8) is 0 Å². The van der Waals surface area contributed by atoms with E-state index in [1.54, 1.807) is 0 Å². The van der Waals surface area contributed by atoms with E-state index in [-0.39, 0.29) is 11.9 Å². The number of carbonyl (C=O) groups is 1. The zero-order valence-corrected chi connectivity index (χ0v) is 10.2. The predicted octanol–water partition coefficient (Wildman–Crippen LogP) is 3.40. The highest BCUT2D eigenvalue weighted by Crippen LogP contribution is 2.27. The van der Waals surface area contributed by atoms with Crippen LogP contribution in [-0.4, -0.2) is 13.1 Å². The molecule has 2 heteroatoms. The number of hydrogen-bond donors (Lipinski definition) is 0. The van der Waals surface area contributed by atoms with E-state index in [1.165, 1.54) is 20.0 Å². The van der Waals surface area contributed by atoms with E-state index in [9.17, 15) is 4.79 Å². The zero-order chi connectivity index (χ0) is 11.2. The molecule has 0 saturated heterocycles. The smallest absolute Gasteiger partial charge is 0.308 e. The van der Waals surface area contributed by atoms with Crippen molar-refractivity contribution in [2.24, 2.45) is 11.3 Å². The molecule has 0 saturated carbocycles. The molecule has 84 valence electrons. The van der Waals surface area contributed by atoms with Gasteiger partial charge in [0.05, 0.1) is 13.0 Å². The van der Waals surface area contributed by atoms with Crippen LogP contribution in [0.1, 0.15) is 53.4 Å². The molecule has 0 aromatic rings. The number of carbonyl (C=O) groups excluding carboxylic acids is 1. The lowest BCUT2D eigenvalue weighted by molar-refractivity contribution is -0.145. The number of rotatable bonds is 6. The van der Waals surface area contributed by atoms with Crippen LogP contribution in [0, 0.1) is 11.3 Å². The molecule has 0 fully saturated rings. The van der Waals surface area contributed by atoms with Crippen LogP contribution in [0.2, 0.25) is 0 Å². The third-order valence-corrected chi connectivity index (χ3v) is 3.05. The summed E-state index contributed by atoms with van der Waals surface area (Å²) >= 11 is 0. The van der Waals surface area contributed by atoms with Gasteiger partial charge in [0.15, 0.2) is 0 Å². The summed E-state index contributed by atoms with van der Waals surface area (Å²) in [5, 5.41) is 0. The number of hydrogen-bond acceptors (Lipinski definition) is 2. The van der Waals surface area contributed by atoms with E-state index in [2.05, 4.69) is 25.5 Å². The number of ether oxygens (including phenoxy) is 1. The maximum absolute atomic E-state index is 11.1. The molecule has 0 bridgehead atoms. The second-order valence-electron chi connectivity index (χ2n) is 4.83. The van der Waals surface area contributed by atoms with Crippen molar-refractivity contribution in [1.82, 2.24) is 0 Å². The second kappa shape index (κ2) is 6.05. The third kappa shape index (κ3) is 5.25. The molecule has 0 heterocycles. The molecule has 0 aromatic carbocycles. The molecule has 0 amide bonds. The first-order chi connectivity index (χ1) is 6.43. The Morgan fingerprint density at radius 3 is 2.43 bits per heavy atom. The molecule has 14 heavy (non-hydrogen) atoms. The summed E-state index contributed by atoms with van der Waals surface area (Å²) in [6.07, 6.45) is 4.43. The van der Waals surface area contributed by atoms with E-state index >= 15 is 0 Å². The first-order valence-corrected chi connectivity index (χ1v) is 5.50. The van der Waals surface area contributed by atoms with Crippen molar-refractivity contribution in [3.05, 3.63) is 0 Å². The topological polar surface area (TPSA) is 26.3 Å². The van der Waals surface area contributed by atoms with Crippen LogP contribution in [0.5, 0.6) is 0 Å². The molecule has 0 rings (SSSR count). The van der Waals surface area contributed by atoms with Gasteiger partial charge in [-0.1, -0.05) is 40.5 Å². The van der Waals surface area contributed by atoms with Crippen molar-refractivity contribution < 1.29 is 9.53 Å². The van der Waals surface area contributed by atoms with Gasteiger partial charge in [-0.2, -0.15) is 0 Å². The predicted molar refractivity (Wildman–Crippen MR) is 59.1 cm³/mol. The van der Waals surface area contributed by atoms with Crippen molar-refractivity contribution in [3.8, 4) is 0 Å². The van der Waals surface area contributed by atoms with Crippen molar-refractivity contribution in [2.75, 3.05) is 7.11 Å². The summed E-state index contributed by atoms with van der Waals surface area (Å²) in [6.45, 7) is 8.69. The lowest BCUT2D eigenvalue weighted by atomic mass is 9.84. The molecule has 1 unspecified atom stereocenters. The average Bonchev–Trinajstić information content (AvgIpc) is 2.16. The Kier molecular flexibility index (Phi) is 5.82. The Morgan fingerprint density at radius 1 is 1.43 bits per heavy atom. The number of esters is 1. The minimum atomic E-state index is -0.0840. The molecule has 2 nitrogen and oxygen atoms in total. The average molecular weight is 200 g/mol. The lowest BCUT2D eigenvalue weighted by Gasteiger charge is -2.22. The second-order valence-corrected chi connectivity index (χ2v) is 4.83. The van der Waals surface area contributed by atoms with Crippen molar-refractivity contribution in [1.29, 1.82) is 0 Å². The minimum Gasteiger partial charge on any atom is -0.469 e. The van der Waals surface area contributed by atoms with Gasteiger partial charge in [0.25, 0.3) is 0 Å². The van der Waals surface area contributed by atoms with Gasteiger partial charge in [0.1, 0.15) is 0 Å². The maximum atomic E-state index is 11.1. The molecule has 0 aromatic heterocycles. The summed E-state index contributed by atoms with van der Waals surface area (Å²) in [4.78, 5) is 11.1. The molecule has 0 radical (unpaired) electrons. The quantitative estimate of drug-likeness (QED) is 0.614. The summed E-state index contributed by atoms with van der Waals surface area (Å²) in [5.41, 5.74) is 0.413. The SMILES string of the molecule is CCC(C)(C)CCCC(C)C(=O)OC. The van der Waals surface area contributed by atoms with Gasteiger partial charge in [-0.3, -0.25) is 4.79 Å². The Bertz CT molecular complexity index is 173. The molecular weight excluding hydrogens is 176 g/mol. The number of methoxy groups -OCH3 is 1. The van der Waals surface area contributed by atoms with Crippen LogP contribution in [-0.2, 0) is 9.53 Å². The van der Waals surface area contributed by atoms with Crippen LogP contribution in [0.3, 0.4) is 0 Å². The van der Waals surface area contributed by atoms with Crippen molar-refractivity contribution in [2.45, 2.75) is 53.4 Å². The summed E-state index contributed by atoms with van der Waals surface area (Å²) in [5.74, 6) is -0.0352. The van der Waals surface area contributed by atoms with Crippen LogP contribution in [0.15, 0.2) is 0 Å². The molecule has 0 spiro atoms. The molecule has 0 N–H and O–H groups in total. The van der Waals surface area contributed by atoms with Gasteiger partial charge in [0, 0.05) is 0 Å². The van der Waals surface area contributed by atoms with Crippen LogP contribution in [0.4, 0.5) is 0 Å². The highest BCUT2D eigenvalue weighted by molar-refractivity contribution is 5.71. The molecule has 0 aliphatic carbocycles. The van der Waals surface area contributed by atoms with E-state index < -0.39 is 0 Å². The largest absolute Gasteiger partial charge is 0.469 e. The third-order valence-electron chi connectivity index (χ3n) is 3.05. The normalized spacial score (nSPS) is 13.8. The van der Waals surface area contributed by atoms with Crippen molar-refractivity contribution >= 4 is 5.97 Å². The Hall–Kier alpha value is -0.530. The van der Waals surface area contributed by atoms with Gasteiger partial charge in [0.2, 0.25) is 0 Å². The molecule has 0 aliphatic rings. The summed E-state index contributed by atoms with van der Waals surface area (Å²) < 4.78 is 4.68. The van der Waals surface area contributed by atoms with Gasteiger partial charge in [-0.05, 0) is 18.3 Å². The standard InChI is InChI=1S/C12H24O2/c1-6-12(3,4)9-7-8-10(2)11(13)14-5/h10H,6-9H2,1-5H3. The van der Waals surface area contributed by atoms with Crippen LogP contribution in [0.25, 0.3) is 0 Å². The fraction of sp³-hybridized carbons (Fsp3) is 0.917. The highest BCUT2D eigenvalue weighted by Gasteiger charge is 2.17. The van der Waals surface area contributed by atoms with E-state index in [0.717, 1.165) is 12.8 Å². The fourth-order valence-corrected chi connectivity index (χ4v) is 1.38. The Balaban J connectivity index is 3.69. The Morgan fingerprint density at radius 2 is 2.00 bits per heavy atom. The van der Waals surface area contributed by atoms with Gasteiger partial charge in [-0.25, -0.2) is 0 Å². The Labute approximate surface area is 88.0 Å². The fourth-order valence-electron chi connectivity index (χ4n) is 1.38. The molecule has 0 aliphatic heterocycles. The highest BCUT2D eigenvalue weighted by atomic mass is 16.5. The van der Waals surface area contributed by atoms with Crippen LogP contribution >= 0.6 is 0 Å². The van der Waals surface area contributed by atoms with Gasteiger partial charge < -0.3 is 4.74 Å². The molecular formula is C12H24O2. The summed E-state index contributed by atoms with van der Waals surface area (Å²) in [7, 11) is 1.45. The lowest BCUT2D eigenvalue weighted by Crippen LogP contribution is -2.14. The monoisotopic (exact) mass is 200 g/mol. The van der Waals surface area contributed by atoms with E-state index in [4.69, 9.17) is 0 Å². The van der Waals surface area contributed by atoms with Gasteiger partial charge >= 0.3 is 5.97 Å².